The van der Waals surface area contributed by atoms with Crippen LogP contribution in [-0.4, -0.2) is 5.91 Å². The number of hydrogen-bond acceptors (Lipinski definition) is 2. The summed E-state index contributed by atoms with van der Waals surface area (Å²) >= 11 is 0. The topological polar surface area (TPSA) is 38.3 Å². The summed E-state index contributed by atoms with van der Waals surface area (Å²) in [5.74, 6) is 1.35. The normalized spacial score (nSPS) is 10.4. The van der Waals surface area contributed by atoms with Crippen molar-refractivity contribution >= 4 is 22.4 Å². The number of rotatable bonds is 4. The van der Waals surface area contributed by atoms with Crippen LogP contribution < -0.4 is 10.1 Å². The maximum absolute atomic E-state index is 11.6. The van der Waals surface area contributed by atoms with Gasteiger partial charge in [-0.25, -0.2) is 0 Å². The van der Waals surface area contributed by atoms with Gasteiger partial charge in [0.15, 0.2) is 5.75 Å². The average Bonchev–Trinajstić information content (AvgIpc) is 2.56. The predicted octanol–water partition coefficient (Wildman–Crippen LogP) is 4.98. The first-order valence-corrected chi connectivity index (χ1v) is 7.32. The SMILES string of the molecule is CCC(=O)Nc1ccccc1Oc1ccc2ccccc2c1. The van der Waals surface area contributed by atoms with Gasteiger partial charge >= 0.3 is 0 Å². The maximum Gasteiger partial charge on any atom is 0.224 e. The monoisotopic (exact) mass is 291 g/mol. The highest BCUT2D eigenvalue weighted by atomic mass is 16.5. The van der Waals surface area contributed by atoms with Crippen molar-refractivity contribution in [2.45, 2.75) is 13.3 Å². The first-order chi connectivity index (χ1) is 10.8. The lowest BCUT2D eigenvalue weighted by molar-refractivity contribution is -0.115. The second kappa shape index (κ2) is 6.31. The van der Waals surface area contributed by atoms with E-state index in [-0.39, 0.29) is 5.91 Å². The fourth-order valence-corrected chi connectivity index (χ4v) is 2.26. The maximum atomic E-state index is 11.6. The molecule has 0 heterocycles. The number of nitrogens with one attached hydrogen (secondary N) is 1. The molecule has 3 nitrogen and oxygen atoms in total. The molecule has 0 unspecified atom stereocenters. The van der Waals surface area contributed by atoms with Crippen molar-refractivity contribution < 1.29 is 9.53 Å². The molecule has 0 bridgehead atoms. The Morgan fingerprint density at radius 2 is 1.68 bits per heavy atom. The van der Waals surface area contributed by atoms with Crippen LogP contribution in [-0.2, 0) is 4.79 Å². The van der Waals surface area contributed by atoms with Gasteiger partial charge in [-0.15, -0.1) is 0 Å². The van der Waals surface area contributed by atoms with Gasteiger partial charge in [-0.05, 0) is 35.0 Å². The van der Waals surface area contributed by atoms with Crippen LogP contribution in [0.25, 0.3) is 10.8 Å². The lowest BCUT2D eigenvalue weighted by Crippen LogP contribution is -2.10. The summed E-state index contributed by atoms with van der Waals surface area (Å²) in [6, 6.07) is 21.5. The molecule has 1 amide bonds. The second-order valence-corrected chi connectivity index (χ2v) is 5.01. The first kappa shape index (κ1) is 14.1. The van der Waals surface area contributed by atoms with Crippen molar-refractivity contribution in [2.24, 2.45) is 0 Å². The quantitative estimate of drug-likeness (QED) is 0.736. The summed E-state index contributed by atoms with van der Waals surface area (Å²) in [6.45, 7) is 1.82. The molecule has 0 aliphatic rings. The van der Waals surface area contributed by atoms with Crippen LogP contribution in [0.1, 0.15) is 13.3 Å². The van der Waals surface area contributed by atoms with Crippen LogP contribution in [0.3, 0.4) is 0 Å². The van der Waals surface area contributed by atoms with Gasteiger partial charge in [0, 0.05) is 6.42 Å². The van der Waals surface area contributed by atoms with Crippen molar-refractivity contribution in [3.8, 4) is 11.5 Å². The van der Waals surface area contributed by atoms with E-state index in [1.54, 1.807) is 0 Å². The molecule has 0 aliphatic heterocycles. The van der Waals surface area contributed by atoms with E-state index in [2.05, 4.69) is 11.4 Å². The highest BCUT2D eigenvalue weighted by Crippen LogP contribution is 2.31. The minimum atomic E-state index is -0.0328. The number of ether oxygens (including phenoxy) is 1. The Bertz CT molecular complexity index is 811. The summed E-state index contributed by atoms with van der Waals surface area (Å²) in [5.41, 5.74) is 0.683. The molecule has 3 rings (SSSR count). The Morgan fingerprint density at radius 1 is 0.955 bits per heavy atom. The molecule has 0 fully saturated rings. The molecule has 0 aromatic heterocycles. The van der Waals surface area contributed by atoms with E-state index in [9.17, 15) is 4.79 Å². The summed E-state index contributed by atoms with van der Waals surface area (Å²) in [7, 11) is 0. The fourth-order valence-electron chi connectivity index (χ4n) is 2.26. The van der Waals surface area contributed by atoms with E-state index in [1.165, 1.54) is 5.39 Å². The Balaban J connectivity index is 1.89. The highest BCUT2D eigenvalue weighted by molar-refractivity contribution is 5.92. The molecule has 0 saturated carbocycles. The molecule has 0 radical (unpaired) electrons. The van der Waals surface area contributed by atoms with Crippen LogP contribution in [0.5, 0.6) is 11.5 Å². The lowest BCUT2D eigenvalue weighted by Gasteiger charge is -2.12. The van der Waals surface area contributed by atoms with Gasteiger partial charge in [-0.2, -0.15) is 0 Å². The number of anilines is 1. The van der Waals surface area contributed by atoms with E-state index in [1.807, 2.05) is 67.6 Å². The van der Waals surface area contributed by atoms with Crippen molar-refractivity contribution in [1.29, 1.82) is 0 Å². The van der Waals surface area contributed by atoms with Crippen LogP contribution in [0.15, 0.2) is 66.7 Å². The Hall–Kier alpha value is -2.81. The number of carbonyl (C=O) groups excluding carboxylic acids is 1. The zero-order chi connectivity index (χ0) is 15.4. The molecule has 3 heteroatoms. The average molecular weight is 291 g/mol. The largest absolute Gasteiger partial charge is 0.455 e. The molecule has 3 aromatic carbocycles. The summed E-state index contributed by atoms with van der Waals surface area (Å²) in [5, 5.41) is 5.14. The third kappa shape index (κ3) is 3.09. The van der Waals surface area contributed by atoms with E-state index >= 15 is 0 Å². The minimum Gasteiger partial charge on any atom is -0.455 e. The van der Waals surface area contributed by atoms with E-state index in [4.69, 9.17) is 4.74 Å². The van der Waals surface area contributed by atoms with Gasteiger partial charge in [-0.3, -0.25) is 4.79 Å². The fraction of sp³-hybridized carbons (Fsp3) is 0.105. The van der Waals surface area contributed by atoms with Gasteiger partial charge in [0.25, 0.3) is 0 Å². The number of hydrogen-bond donors (Lipinski definition) is 1. The second-order valence-electron chi connectivity index (χ2n) is 5.01. The zero-order valence-electron chi connectivity index (χ0n) is 12.4. The van der Waals surface area contributed by atoms with E-state index in [0.29, 0.717) is 17.9 Å². The van der Waals surface area contributed by atoms with E-state index < -0.39 is 0 Å². The summed E-state index contributed by atoms with van der Waals surface area (Å²) in [6.07, 6.45) is 0.435. The van der Waals surface area contributed by atoms with Crippen LogP contribution >= 0.6 is 0 Å². The van der Waals surface area contributed by atoms with Gasteiger partial charge in [0.05, 0.1) is 5.69 Å². The van der Waals surface area contributed by atoms with Crippen molar-refractivity contribution in [3.63, 3.8) is 0 Å². The van der Waals surface area contributed by atoms with E-state index in [0.717, 1.165) is 11.1 Å². The Labute approximate surface area is 129 Å². The zero-order valence-corrected chi connectivity index (χ0v) is 12.4. The smallest absolute Gasteiger partial charge is 0.224 e. The van der Waals surface area contributed by atoms with Gasteiger partial charge in [-0.1, -0.05) is 49.4 Å². The summed E-state index contributed by atoms with van der Waals surface area (Å²) < 4.78 is 5.95. The number of benzene rings is 3. The van der Waals surface area contributed by atoms with Crippen LogP contribution in [0.4, 0.5) is 5.69 Å². The molecule has 0 aliphatic carbocycles. The van der Waals surface area contributed by atoms with Crippen molar-refractivity contribution in [3.05, 3.63) is 66.7 Å². The number of para-hydroxylation sites is 2. The van der Waals surface area contributed by atoms with Crippen molar-refractivity contribution in [2.75, 3.05) is 5.32 Å². The predicted molar refractivity (Wildman–Crippen MR) is 89.4 cm³/mol. The van der Waals surface area contributed by atoms with Gasteiger partial charge in [0.2, 0.25) is 5.91 Å². The minimum absolute atomic E-state index is 0.0328. The molecular formula is C19H17NO2. The molecule has 1 N–H and O–H groups in total. The highest BCUT2D eigenvalue weighted by Gasteiger charge is 2.07. The lowest BCUT2D eigenvalue weighted by atomic mass is 10.1. The molecular weight excluding hydrogens is 274 g/mol. The third-order valence-electron chi connectivity index (χ3n) is 3.43. The molecule has 0 atom stereocenters. The van der Waals surface area contributed by atoms with Crippen molar-refractivity contribution in [1.82, 2.24) is 0 Å². The van der Waals surface area contributed by atoms with Crippen LogP contribution in [0, 0.1) is 0 Å². The molecule has 22 heavy (non-hydrogen) atoms. The van der Waals surface area contributed by atoms with Gasteiger partial charge in [0.1, 0.15) is 5.75 Å². The molecule has 0 saturated heterocycles. The third-order valence-corrected chi connectivity index (χ3v) is 3.43. The molecule has 3 aromatic rings. The van der Waals surface area contributed by atoms with Gasteiger partial charge < -0.3 is 10.1 Å². The number of fused-ring (bicyclic) bond motifs is 1. The number of carbonyl (C=O) groups is 1. The molecule has 110 valence electrons. The standard InChI is InChI=1S/C19H17NO2/c1-2-19(21)20-17-9-5-6-10-18(17)22-16-12-11-14-7-3-4-8-15(14)13-16/h3-13H,2H2,1H3,(H,20,21). The Kier molecular flexibility index (Phi) is 4.05. The first-order valence-electron chi connectivity index (χ1n) is 7.32. The van der Waals surface area contributed by atoms with Crippen LogP contribution in [0.2, 0.25) is 0 Å². The molecule has 0 spiro atoms. The Morgan fingerprint density at radius 3 is 2.50 bits per heavy atom. The summed E-state index contributed by atoms with van der Waals surface area (Å²) in [4.78, 5) is 11.6. The number of amides is 1.